The van der Waals surface area contributed by atoms with Gasteiger partial charge in [-0.25, -0.2) is 59.8 Å². The summed E-state index contributed by atoms with van der Waals surface area (Å²) >= 11 is 0. The van der Waals surface area contributed by atoms with Gasteiger partial charge in [-0.2, -0.15) is 0 Å². The zero-order chi connectivity index (χ0) is 96.4. The molecule has 674 valence electrons. The molecular weight excluding hydrogens is 1760 g/mol. The van der Waals surface area contributed by atoms with Gasteiger partial charge in [-0.05, 0) is 133 Å². The second kappa shape index (κ2) is 45.5. The van der Waals surface area contributed by atoms with E-state index in [0.29, 0.717) is 124 Å². The SMILES string of the molecule is O[B]Oc1ccc(-c2nc(-c3ccccc3)nc(-c3ccc(-c4ccccc4)cc3)n2)cc1.O[B]Oc1cccc(-c2cccc(-c3nc(-c4ccc(-c5ccccc5)cc4)nc(-c4cccc5ccccc45)n3)c2)c1.O[B]Oc1cccc(-c2nc(-c3ccc(-c4ccccc4)cc3)nc(-c3ccccc3-c3ccccc3)n2)c1.O[B]Oc1cccc(-c2nc(-c3ccccc3)nc(-c3ccccc3)n2)c1. The van der Waals surface area contributed by atoms with Crippen LogP contribution in [0, 0.1) is 0 Å². The van der Waals surface area contributed by atoms with Gasteiger partial charge in [0, 0.05) is 66.8 Å². The lowest BCUT2D eigenvalue weighted by atomic mass is 9.99. The topological polar surface area (TPSA) is 273 Å². The third kappa shape index (κ3) is 22.9. The summed E-state index contributed by atoms with van der Waals surface area (Å²) in [5, 5.41) is 38.1. The molecule has 0 aliphatic carbocycles. The lowest BCUT2D eigenvalue weighted by Crippen LogP contribution is -2.02. The maximum Gasteiger partial charge on any atom is 0.569 e. The van der Waals surface area contributed by atoms with E-state index in [1.165, 1.54) is 0 Å². The molecule has 0 saturated carbocycles. The minimum Gasteiger partial charge on any atom is -0.537 e. The summed E-state index contributed by atoms with van der Waals surface area (Å²) in [4.78, 5) is 57.9. The lowest BCUT2D eigenvalue weighted by molar-refractivity contribution is 0.453. The Labute approximate surface area is 823 Å². The molecule has 22 rings (SSSR count). The number of nitrogens with zero attached hydrogens (tertiary/aromatic N) is 12. The van der Waals surface area contributed by atoms with Crippen molar-refractivity contribution in [3.05, 3.63) is 473 Å². The maximum atomic E-state index is 9.12. The van der Waals surface area contributed by atoms with Crippen molar-refractivity contribution >= 4 is 41.5 Å². The van der Waals surface area contributed by atoms with Gasteiger partial charge in [0.05, 0.1) is 0 Å². The fraction of sp³-hybridized carbons (Fsp3) is 0. The van der Waals surface area contributed by atoms with E-state index in [2.05, 4.69) is 148 Å². The minimum atomic E-state index is 0.482. The Balaban J connectivity index is 0.000000122. The van der Waals surface area contributed by atoms with Crippen LogP contribution in [0.3, 0.4) is 0 Å². The number of aromatic nitrogens is 12. The van der Waals surface area contributed by atoms with Crippen LogP contribution in [-0.2, 0) is 0 Å². The highest BCUT2D eigenvalue weighted by molar-refractivity contribution is 6.18. The van der Waals surface area contributed by atoms with Gasteiger partial charge in [0.1, 0.15) is 23.0 Å². The first-order valence-electron chi connectivity index (χ1n) is 45.5. The normalized spacial score (nSPS) is 10.7. The number of benzene rings is 18. The van der Waals surface area contributed by atoms with Gasteiger partial charge in [-0.15, -0.1) is 0 Å². The monoisotopic (exact) mass is 1840 g/mol. The van der Waals surface area contributed by atoms with Gasteiger partial charge in [-0.1, -0.05) is 406 Å². The van der Waals surface area contributed by atoms with Crippen molar-refractivity contribution in [2.45, 2.75) is 0 Å². The van der Waals surface area contributed by atoms with Crippen molar-refractivity contribution in [3.8, 4) is 215 Å². The summed E-state index contributed by atoms with van der Waals surface area (Å²) < 4.78 is 20.4. The Bertz CT molecular complexity index is 7940. The van der Waals surface area contributed by atoms with E-state index in [-0.39, 0.29) is 0 Å². The lowest BCUT2D eigenvalue weighted by Gasteiger charge is -2.12. The van der Waals surface area contributed by atoms with Gasteiger partial charge in [0.2, 0.25) is 0 Å². The molecule has 0 aliphatic rings. The standard InChI is InChI=1S/C37H25BN3O2.C33H23BN3O2.C27H19BN3O2.C21H15BN3O2/c42-38-43-32-16-7-14-30(24-32)29-13-6-15-31(23-29)36-39-35(28-21-19-26(20-22-28)25-9-2-1-3-10-25)40-37(41-36)34-18-8-12-27-11-4-5-17-33(27)34;38-34-39-28-15-9-14-27(22-28)32-35-31(26-20-18-24(19-21-26)23-10-3-1-4-11-23)36-33(37-32)30-17-8-7-16-29(30)25-12-5-2-6-13-25;32-28-33-24-17-15-23(16-18-24)27-30-25(21-9-5-2-6-10-21)29-26(31-27)22-13-11-20(12-14-22)19-7-3-1-4-8-19;26-22-27-18-13-7-12-17(14-18)21-24-19(15-8-3-1-4-9-15)23-20(25-21)16-10-5-2-6-11-16/h1-24,42H;1-22,38H;1-18,32H;1-14,26H. The Kier molecular flexibility index (Phi) is 29.7. The average molecular weight is 1840 g/mol. The second-order valence-corrected chi connectivity index (χ2v) is 32.2. The van der Waals surface area contributed by atoms with E-state index in [9.17, 15) is 0 Å². The molecule has 0 atom stereocenters. The summed E-state index contributed by atoms with van der Waals surface area (Å²) in [5.74, 6) is 8.99. The number of fused-ring (bicyclic) bond motifs is 1. The van der Waals surface area contributed by atoms with Crippen LogP contribution in [0.5, 0.6) is 23.0 Å². The predicted molar refractivity (Wildman–Crippen MR) is 564 cm³/mol. The molecule has 0 bridgehead atoms. The van der Waals surface area contributed by atoms with E-state index in [4.69, 9.17) is 83.6 Å². The highest BCUT2D eigenvalue weighted by atomic mass is 16.5. The van der Waals surface area contributed by atoms with Gasteiger partial charge in [-0.3, -0.25) is 0 Å². The molecule has 22 aromatic rings. The van der Waals surface area contributed by atoms with Crippen LogP contribution in [0.1, 0.15) is 0 Å². The Morgan fingerprint density at radius 1 is 0.134 bits per heavy atom. The van der Waals surface area contributed by atoms with E-state index in [1.807, 2.05) is 297 Å². The van der Waals surface area contributed by atoms with Crippen LogP contribution < -0.4 is 18.6 Å². The molecule has 0 aliphatic heterocycles. The van der Waals surface area contributed by atoms with E-state index < -0.39 is 0 Å². The van der Waals surface area contributed by atoms with Crippen molar-refractivity contribution in [2.24, 2.45) is 0 Å². The quantitative estimate of drug-likeness (QED) is 0.0387. The molecule has 24 heteroatoms. The summed E-state index contributed by atoms with van der Waals surface area (Å²) in [6.07, 6.45) is 0. The first-order valence-corrected chi connectivity index (χ1v) is 45.5. The smallest absolute Gasteiger partial charge is 0.537 e. The molecule has 0 saturated heterocycles. The third-order valence-corrected chi connectivity index (χ3v) is 23.0. The zero-order valence-corrected chi connectivity index (χ0v) is 76.1. The van der Waals surface area contributed by atoms with Crippen molar-refractivity contribution in [1.29, 1.82) is 0 Å². The highest BCUT2D eigenvalue weighted by Crippen LogP contribution is 2.39. The third-order valence-electron chi connectivity index (χ3n) is 23.0. The molecular formula is C118H82B4N12O8. The average Bonchev–Trinajstić information content (AvgIpc) is 0.772. The molecule has 0 unspecified atom stereocenters. The van der Waals surface area contributed by atoms with E-state index in [1.54, 1.807) is 42.5 Å². The number of hydrogen-bond donors (Lipinski definition) is 4. The van der Waals surface area contributed by atoms with Crippen LogP contribution in [0.4, 0.5) is 0 Å². The predicted octanol–water partition coefficient (Wildman–Crippen LogP) is 24.6. The van der Waals surface area contributed by atoms with Gasteiger partial charge < -0.3 is 38.7 Å². The van der Waals surface area contributed by atoms with E-state index >= 15 is 0 Å². The summed E-state index contributed by atoms with van der Waals surface area (Å²) in [5.41, 5.74) is 21.4. The number of hydrogen-bond acceptors (Lipinski definition) is 20. The molecule has 0 spiro atoms. The second-order valence-electron chi connectivity index (χ2n) is 32.2. The first kappa shape index (κ1) is 92.6. The van der Waals surface area contributed by atoms with Crippen LogP contribution >= 0.6 is 0 Å². The fourth-order valence-corrected chi connectivity index (χ4v) is 16.0. The first-order chi connectivity index (χ1) is 70.2. The molecule has 18 aromatic carbocycles. The van der Waals surface area contributed by atoms with Crippen molar-refractivity contribution in [2.75, 3.05) is 0 Å². The molecule has 20 nitrogen and oxygen atoms in total. The van der Waals surface area contributed by atoms with E-state index in [0.717, 1.165) is 133 Å². The number of rotatable bonds is 25. The van der Waals surface area contributed by atoms with Crippen LogP contribution in [0.25, 0.3) is 203 Å². The maximum absolute atomic E-state index is 9.12. The van der Waals surface area contributed by atoms with Crippen molar-refractivity contribution in [3.63, 3.8) is 0 Å². The minimum absolute atomic E-state index is 0.482. The van der Waals surface area contributed by atoms with Crippen LogP contribution in [-0.4, -0.2) is 111 Å². The molecule has 0 fully saturated rings. The summed E-state index contributed by atoms with van der Waals surface area (Å²) in [6.45, 7) is 0. The fourth-order valence-electron chi connectivity index (χ4n) is 16.0. The van der Waals surface area contributed by atoms with Gasteiger partial charge in [0.25, 0.3) is 0 Å². The van der Waals surface area contributed by atoms with Crippen LogP contribution in [0.2, 0.25) is 0 Å². The molecule has 142 heavy (non-hydrogen) atoms. The zero-order valence-electron chi connectivity index (χ0n) is 76.1. The molecule has 0 amide bonds. The molecule has 4 N–H and O–H groups in total. The van der Waals surface area contributed by atoms with Crippen LogP contribution in [0.15, 0.2) is 473 Å². The Morgan fingerprint density at radius 3 is 0.697 bits per heavy atom. The summed E-state index contributed by atoms with van der Waals surface area (Å²) in [7, 11) is 2.65. The highest BCUT2D eigenvalue weighted by Gasteiger charge is 2.22. The Morgan fingerprint density at radius 2 is 0.338 bits per heavy atom. The molecule has 4 radical (unpaired) electrons. The molecule has 4 heterocycles. The van der Waals surface area contributed by atoms with Gasteiger partial charge in [0.15, 0.2) is 69.9 Å². The van der Waals surface area contributed by atoms with Crippen molar-refractivity contribution < 1.29 is 38.7 Å². The summed E-state index contributed by atoms with van der Waals surface area (Å²) in [6, 6.07) is 155. The molecule has 4 aromatic heterocycles. The van der Waals surface area contributed by atoms with Crippen molar-refractivity contribution in [1.82, 2.24) is 59.8 Å². The Hall–Kier alpha value is -18.4. The largest absolute Gasteiger partial charge is 0.569 e. The van der Waals surface area contributed by atoms with Gasteiger partial charge >= 0.3 is 30.7 Å².